The van der Waals surface area contributed by atoms with Crippen LogP contribution in [0.25, 0.3) is 0 Å². The third-order valence-corrected chi connectivity index (χ3v) is 7.41. The summed E-state index contributed by atoms with van der Waals surface area (Å²) in [5.74, 6) is -1.79. The van der Waals surface area contributed by atoms with Gasteiger partial charge in [-0.1, -0.05) is 24.3 Å². The van der Waals surface area contributed by atoms with Gasteiger partial charge < -0.3 is 34.2 Å². The highest BCUT2D eigenvalue weighted by Gasteiger charge is 2.52. The molecule has 11 heteroatoms. The van der Waals surface area contributed by atoms with Gasteiger partial charge in [0, 0.05) is 33.4 Å². The van der Waals surface area contributed by atoms with Crippen LogP contribution in [0.3, 0.4) is 0 Å². The molecule has 2 aromatic carbocycles. The van der Waals surface area contributed by atoms with Crippen molar-refractivity contribution < 1.29 is 47.6 Å². The van der Waals surface area contributed by atoms with E-state index in [1.165, 1.54) is 40.5 Å². The van der Waals surface area contributed by atoms with Crippen LogP contribution in [0.15, 0.2) is 42.5 Å². The molecule has 2 fully saturated rings. The number of nitrogens with two attached hydrogens (primary N) is 1. The van der Waals surface area contributed by atoms with Crippen LogP contribution in [0.1, 0.15) is 76.2 Å². The van der Waals surface area contributed by atoms with Crippen LogP contribution in [0.4, 0.5) is 5.69 Å². The summed E-state index contributed by atoms with van der Waals surface area (Å²) in [5.41, 5.74) is 9.27. The monoisotopic (exact) mass is 597 g/mol. The van der Waals surface area contributed by atoms with Gasteiger partial charge in [-0.25, -0.2) is 0 Å². The number of hydrogen-bond donors (Lipinski definition) is 1. The Kier molecular flexibility index (Phi) is 10.6. The normalized spacial score (nSPS) is 23.7. The van der Waals surface area contributed by atoms with Crippen molar-refractivity contribution in [3.05, 3.63) is 59.2 Å². The van der Waals surface area contributed by atoms with Crippen LogP contribution in [0.5, 0.6) is 5.75 Å². The van der Waals surface area contributed by atoms with Gasteiger partial charge in [0.2, 0.25) is 0 Å². The van der Waals surface area contributed by atoms with Crippen molar-refractivity contribution in [1.82, 2.24) is 0 Å². The smallest absolute Gasteiger partial charge is 0.303 e. The Balaban J connectivity index is 1.65. The van der Waals surface area contributed by atoms with E-state index in [1.54, 1.807) is 12.1 Å². The standard InChI is InChI=1S/C32H39NO10/c1-18(34)38-17-28-30(39-19(2)35)32(41-21(4)37)31(40-20(3)36)29(43-28)23-11-14-27(33)24(16-23)15-22-9-12-26(13-10-22)42-25-7-5-6-8-25/h9-14,16,25,28-32H,5-8,15,17,33H2,1-4H3/t28?,29-,30+,31-,32-/m0/s1. The van der Waals surface area contributed by atoms with Crippen molar-refractivity contribution in [3.8, 4) is 5.75 Å². The minimum absolute atomic E-state index is 0.264. The molecule has 0 bridgehead atoms. The Morgan fingerprint density at radius 2 is 1.40 bits per heavy atom. The summed E-state index contributed by atoms with van der Waals surface area (Å²) in [5, 5.41) is 0. The molecule has 2 aliphatic rings. The molecule has 4 rings (SSSR count). The Bertz CT molecular complexity index is 1300. The average molecular weight is 598 g/mol. The number of hydrogen-bond acceptors (Lipinski definition) is 11. The lowest BCUT2D eigenvalue weighted by atomic mass is 9.89. The first kappa shape index (κ1) is 31.8. The third-order valence-electron chi connectivity index (χ3n) is 7.41. The molecule has 0 spiro atoms. The summed E-state index contributed by atoms with van der Waals surface area (Å²) in [6, 6.07) is 13.2. The zero-order valence-corrected chi connectivity index (χ0v) is 24.9. The summed E-state index contributed by atoms with van der Waals surface area (Å²) < 4.78 is 34.2. The van der Waals surface area contributed by atoms with Gasteiger partial charge in [0.15, 0.2) is 18.3 Å². The number of carbonyl (C=O) groups is 4. The summed E-state index contributed by atoms with van der Waals surface area (Å²) in [7, 11) is 0. The van der Waals surface area contributed by atoms with Gasteiger partial charge in [0.25, 0.3) is 0 Å². The lowest BCUT2D eigenvalue weighted by Gasteiger charge is -2.44. The first-order valence-electron chi connectivity index (χ1n) is 14.4. The maximum Gasteiger partial charge on any atom is 0.303 e. The van der Waals surface area contributed by atoms with Crippen molar-refractivity contribution in [1.29, 1.82) is 0 Å². The fourth-order valence-corrected chi connectivity index (χ4v) is 5.56. The molecule has 1 heterocycles. The topological polar surface area (TPSA) is 150 Å². The van der Waals surface area contributed by atoms with Gasteiger partial charge in [-0.3, -0.25) is 19.2 Å². The van der Waals surface area contributed by atoms with Crippen molar-refractivity contribution in [3.63, 3.8) is 0 Å². The largest absolute Gasteiger partial charge is 0.490 e. The van der Waals surface area contributed by atoms with Gasteiger partial charge in [-0.15, -0.1) is 0 Å². The van der Waals surface area contributed by atoms with Gasteiger partial charge in [-0.2, -0.15) is 0 Å². The molecule has 0 amide bonds. The molecule has 2 N–H and O–H groups in total. The lowest BCUT2D eigenvalue weighted by molar-refractivity contribution is -0.254. The second-order valence-electron chi connectivity index (χ2n) is 10.9. The van der Waals surface area contributed by atoms with E-state index in [0.717, 1.165) is 29.7 Å². The molecule has 1 aliphatic heterocycles. The molecule has 1 unspecified atom stereocenters. The molecule has 2 aromatic rings. The van der Waals surface area contributed by atoms with E-state index in [2.05, 4.69) is 0 Å². The van der Waals surface area contributed by atoms with E-state index >= 15 is 0 Å². The van der Waals surface area contributed by atoms with E-state index in [1.807, 2.05) is 30.3 Å². The van der Waals surface area contributed by atoms with E-state index in [0.29, 0.717) is 17.7 Å². The number of rotatable bonds is 10. The maximum absolute atomic E-state index is 12.2. The minimum atomic E-state index is -1.25. The zero-order chi connectivity index (χ0) is 31.1. The van der Waals surface area contributed by atoms with Crippen LogP contribution in [0.2, 0.25) is 0 Å². The third kappa shape index (κ3) is 8.70. The number of ether oxygens (including phenoxy) is 6. The molecule has 11 nitrogen and oxygen atoms in total. The van der Waals surface area contributed by atoms with Crippen LogP contribution in [0, 0.1) is 0 Å². The maximum atomic E-state index is 12.2. The molecular formula is C32H39NO10. The van der Waals surface area contributed by atoms with Crippen molar-refractivity contribution >= 4 is 29.6 Å². The molecular weight excluding hydrogens is 558 g/mol. The van der Waals surface area contributed by atoms with E-state index in [-0.39, 0.29) is 12.7 Å². The highest BCUT2D eigenvalue weighted by Crippen LogP contribution is 2.39. The molecule has 43 heavy (non-hydrogen) atoms. The van der Waals surface area contributed by atoms with Crippen LogP contribution in [-0.2, 0) is 49.3 Å². The first-order valence-corrected chi connectivity index (χ1v) is 14.4. The predicted molar refractivity (Wildman–Crippen MR) is 154 cm³/mol. The molecule has 1 aliphatic carbocycles. The summed E-state index contributed by atoms with van der Waals surface area (Å²) in [4.78, 5) is 48.0. The zero-order valence-electron chi connectivity index (χ0n) is 24.9. The summed E-state index contributed by atoms with van der Waals surface area (Å²) in [6.07, 6.45) is -0.399. The molecule has 0 aromatic heterocycles. The fourth-order valence-electron chi connectivity index (χ4n) is 5.56. The number of benzene rings is 2. The summed E-state index contributed by atoms with van der Waals surface area (Å²) >= 11 is 0. The minimum Gasteiger partial charge on any atom is -0.490 e. The van der Waals surface area contributed by atoms with Crippen LogP contribution >= 0.6 is 0 Å². The van der Waals surface area contributed by atoms with Gasteiger partial charge >= 0.3 is 23.9 Å². The van der Waals surface area contributed by atoms with E-state index in [9.17, 15) is 19.2 Å². The van der Waals surface area contributed by atoms with Crippen LogP contribution < -0.4 is 10.5 Å². The quantitative estimate of drug-likeness (QED) is 0.241. The Hall–Kier alpha value is -4.12. The second kappa shape index (κ2) is 14.4. The van der Waals surface area contributed by atoms with Gasteiger partial charge in [0.05, 0.1) is 6.10 Å². The Morgan fingerprint density at radius 1 is 0.791 bits per heavy atom. The van der Waals surface area contributed by atoms with Crippen LogP contribution in [-0.4, -0.2) is 61.0 Å². The van der Waals surface area contributed by atoms with E-state index in [4.69, 9.17) is 34.2 Å². The number of nitrogen functional groups attached to an aromatic ring is 1. The summed E-state index contributed by atoms with van der Waals surface area (Å²) in [6.45, 7) is 4.51. The van der Waals surface area contributed by atoms with Crippen molar-refractivity contribution in [2.45, 2.75) is 96.4 Å². The SMILES string of the molecule is CC(=O)OCC1O[C@@H](c2ccc(N)c(Cc3ccc(OC4CCCC4)cc3)c2)[C@H](OC(C)=O)[C@@H](OC(C)=O)[C@@H]1OC(C)=O. The van der Waals surface area contributed by atoms with E-state index < -0.39 is 54.4 Å². The molecule has 1 saturated carbocycles. The first-order chi connectivity index (χ1) is 20.5. The number of anilines is 1. The highest BCUT2D eigenvalue weighted by atomic mass is 16.7. The number of carbonyl (C=O) groups excluding carboxylic acids is 4. The lowest BCUT2D eigenvalue weighted by Crippen LogP contribution is -2.59. The van der Waals surface area contributed by atoms with Gasteiger partial charge in [-0.05, 0) is 67.0 Å². The van der Waals surface area contributed by atoms with Crippen molar-refractivity contribution in [2.24, 2.45) is 0 Å². The molecule has 5 atom stereocenters. The second-order valence-corrected chi connectivity index (χ2v) is 10.9. The Morgan fingerprint density at radius 3 is 2.00 bits per heavy atom. The fraction of sp³-hybridized carbons (Fsp3) is 0.500. The van der Waals surface area contributed by atoms with Crippen molar-refractivity contribution in [2.75, 3.05) is 12.3 Å². The highest BCUT2D eigenvalue weighted by molar-refractivity contribution is 5.69. The molecule has 0 radical (unpaired) electrons. The Labute approximate surface area is 250 Å². The van der Waals surface area contributed by atoms with Gasteiger partial charge in [0.1, 0.15) is 24.6 Å². The number of esters is 4. The predicted octanol–water partition coefficient (Wildman–Crippen LogP) is 3.98. The average Bonchev–Trinajstić information content (AvgIpc) is 3.44. The molecule has 1 saturated heterocycles. The molecule has 232 valence electrons.